The predicted octanol–water partition coefficient (Wildman–Crippen LogP) is 4.26. The Morgan fingerprint density at radius 3 is 2.83 bits per heavy atom. The number of pyridine rings is 1. The van der Waals surface area contributed by atoms with Gasteiger partial charge in [0.05, 0.1) is 24.2 Å². The number of nitrogens with one attached hydrogen (secondary N) is 1. The lowest BCUT2D eigenvalue weighted by Crippen LogP contribution is -2.15. The Morgan fingerprint density at radius 2 is 1.96 bits per heavy atom. The van der Waals surface area contributed by atoms with E-state index in [9.17, 15) is 4.79 Å². The number of benzene rings is 2. The van der Waals surface area contributed by atoms with Crippen molar-refractivity contribution in [2.75, 3.05) is 11.9 Å². The zero-order valence-electron chi connectivity index (χ0n) is 13.9. The molecule has 0 spiro atoms. The molecule has 0 saturated heterocycles. The van der Waals surface area contributed by atoms with Crippen molar-refractivity contribution in [3.05, 3.63) is 65.9 Å². The van der Waals surface area contributed by atoms with Crippen LogP contribution in [-0.2, 0) is 4.79 Å². The van der Waals surface area contributed by atoms with Gasteiger partial charge >= 0.3 is 0 Å². The van der Waals surface area contributed by atoms with Crippen LogP contribution in [0.2, 0.25) is 0 Å². The van der Waals surface area contributed by atoms with Gasteiger partial charge in [-0.15, -0.1) is 0 Å². The van der Waals surface area contributed by atoms with Crippen LogP contribution in [-0.4, -0.2) is 17.5 Å². The molecule has 4 nitrogen and oxygen atoms in total. The van der Waals surface area contributed by atoms with Crippen LogP contribution in [0.15, 0.2) is 54.7 Å². The molecule has 1 heterocycles. The molecular weight excluding hydrogens is 300 g/mol. The second kappa shape index (κ2) is 7.13. The monoisotopic (exact) mass is 320 g/mol. The molecule has 1 aromatic heterocycles. The summed E-state index contributed by atoms with van der Waals surface area (Å²) in [6.45, 7) is 4.36. The highest BCUT2D eigenvalue weighted by Gasteiger charge is 2.07. The summed E-state index contributed by atoms with van der Waals surface area (Å²) in [5, 5.41) is 3.92. The number of ether oxygens (including phenoxy) is 1. The Morgan fingerprint density at radius 1 is 1.12 bits per heavy atom. The topological polar surface area (TPSA) is 51.2 Å². The fourth-order valence-corrected chi connectivity index (χ4v) is 2.53. The van der Waals surface area contributed by atoms with Crippen molar-refractivity contribution < 1.29 is 9.53 Å². The van der Waals surface area contributed by atoms with Crippen molar-refractivity contribution in [3.8, 4) is 5.75 Å². The minimum atomic E-state index is -0.0848. The first kappa shape index (κ1) is 16.0. The quantitative estimate of drug-likeness (QED) is 0.764. The number of carbonyl (C=O) groups is 1. The molecule has 0 fully saturated rings. The highest BCUT2D eigenvalue weighted by molar-refractivity contribution is 6.00. The summed E-state index contributed by atoms with van der Waals surface area (Å²) >= 11 is 0. The van der Waals surface area contributed by atoms with Gasteiger partial charge in [0.2, 0.25) is 5.91 Å². The van der Waals surface area contributed by atoms with Crippen molar-refractivity contribution in [2.45, 2.75) is 20.3 Å². The van der Waals surface area contributed by atoms with Gasteiger partial charge < -0.3 is 10.1 Å². The van der Waals surface area contributed by atoms with Crippen LogP contribution in [0.3, 0.4) is 0 Å². The van der Waals surface area contributed by atoms with Crippen molar-refractivity contribution in [1.82, 2.24) is 4.98 Å². The number of nitrogens with zero attached hydrogens (tertiary/aromatic N) is 1. The molecule has 0 atom stereocenters. The minimum Gasteiger partial charge on any atom is -0.493 e. The first-order valence-corrected chi connectivity index (χ1v) is 7.97. The molecule has 1 amide bonds. The molecule has 0 bridgehead atoms. The summed E-state index contributed by atoms with van der Waals surface area (Å²) in [5.41, 5.74) is 3.73. The van der Waals surface area contributed by atoms with Crippen LogP contribution in [0, 0.1) is 13.8 Å². The summed E-state index contributed by atoms with van der Waals surface area (Å²) in [5.74, 6) is 0.744. The molecule has 0 saturated carbocycles. The van der Waals surface area contributed by atoms with Crippen LogP contribution >= 0.6 is 0 Å². The molecule has 3 rings (SSSR count). The van der Waals surface area contributed by atoms with E-state index in [2.05, 4.69) is 10.3 Å². The smallest absolute Gasteiger partial charge is 0.227 e. The number of hydrogen-bond acceptors (Lipinski definition) is 3. The Balaban J connectivity index is 1.60. The second-order valence-electron chi connectivity index (χ2n) is 5.80. The van der Waals surface area contributed by atoms with E-state index in [1.54, 1.807) is 6.20 Å². The Bertz CT molecular complexity index is 869. The van der Waals surface area contributed by atoms with Gasteiger partial charge in [-0.05, 0) is 43.2 Å². The molecule has 4 heteroatoms. The summed E-state index contributed by atoms with van der Waals surface area (Å²) in [6, 6.07) is 15.6. The van der Waals surface area contributed by atoms with E-state index in [0.717, 1.165) is 33.5 Å². The molecule has 2 aromatic carbocycles. The summed E-state index contributed by atoms with van der Waals surface area (Å²) in [4.78, 5) is 16.5. The molecule has 0 unspecified atom stereocenters. The normalized spacial score (nSPS) is 10.6. The molecule has 1 N–H and O–H groups in total. The number of fused-ring (bicyclic) bond motifs is 1. The molecule has 122 valence electrons. The van der Waals surface area contributed by atoms with Gasteiger partial charge in [-0.1, -0.05) is 30.3 Å². The lowest BCUT2D eigenvalue weighted by atomic mass is 10.1. The fourth-order valence-electron chi connectivity index (χ4n) is 2.53. The second-order valence-corrected chi connectivity index (χ2v) is 5.80. The maximum Gasteiger partial charge on any atom is 0.227 e. The lowest BCUT2D eigenvalue weighted by molar-refractivity contribution is -0.116. The van der Waals surface area contributed by atoms with E-state index in [4.69, 9.17) is 4.74 Å². The first-order chi connectivity index (χ1) is 11.6. The van der Waals surface area contributed by atoms with Crippen molar-refractivity contribution in [1.29, 1.82) is 0 Å². The van der Waals surface area contributed by atoms with Crippen molar-refractivity contribution in [2.24, 2.45) is 0 Å². The van der Waals surface area contributed by atoms with Gasteiger partial charge in [0.15, 0.2) is 0 Å². The number of aromatic nitrogens is 1. The third-order valence-corrected chi connectivity index (χ3v) is 3.84. The Kier molecular flexibility index (Phi) is 4.75. The van der Waals surface area contributed by atoms with E-state index in [-0.39, 0.29) is 12.3 Å². The Labute approximate surface area is 141 Å². The van der Waals surface area contributed by atoms with E-state index in [1.807, 2.05) is 62.4 Å². The zero-order chi connectivity index (χ0) is 16.9. The molecule has 0 aliphatic rings. The number of hydrogen-bond donors (Lipinski definition) is 1. The number of aryl methyl sites for hydroxylation is 2. The molecule has 24 heavy (non-hydrogen) atoms. The third-order valence-electron chi connectivity index (χ3n) is 3.84. The van der Waals surface area contributed by atoms with Gasteiger partial charge in [-0.3, -0.25) is 9.78 Å². The largest absolute Gasteiger partial charge is 0.493 e. The maximum atomic E-state index is 12.2. The average molecular weight is 320 g/mol. The standard InChI is InChI=1S/C20H20N2O2/c1-14-8-9-15(2)18(13-14)24-12-10-19(23)22-17-7-3-5-16-6-4-11-21-20(16)17/h3-9,11,13H,10,12H2,1-2H3,(H,22,23). The maximum absolute atomic E-state index is 12.2. The fraction of sp³-hybridized carbons (Fsp3) is 0.200. The zero-order valence-corrected chi connectivity index (χ0v) is 13.9. The number of para-hydroxylation sites is 1. The number of rotatable bonds is 5. The van der Waals surface area contributed by atoms with E-state index in [1.165, 1.54) is 0 Å². The molecule has 0 aliphatic heterocycles. The SMILES string of the molecule is Cc1ccc(C)c(OCCC(=O)Nc2cccc3cccnc23)c1. The van der Waals surface area contributed by atoms with Crippen LogP contribution in [0.4, 0.5) is 5.69 Å². The van der Waals surface area contributed by atoms with Crippen molar-refractivity contribution in [3.63, 3.8) is 0 Å². The summed E-state index contributed by atoms with van der Waals surface area (Å²) < 4.78 is 5.74. The number of amides is 1. The minimum absolute atomic E-state index is 0.0848. The van der Waals surface area contributed by atoms with Crippen molar-refractivity contribution >= 4 is 22.5 Å². The van der Waals surface area contributed by atoms with Gasteiger partial charge in [-0.2, -0.15) is 0 Å². The first-order valence-electron chi connectivity index (χ1n) is 7.97. The highest BCUT2D eigenvalue weighted by Crippen LogP contribution is 2.21. The summed E-state index contributed by atoms with van der Waals surface area (Å²) in [6.07, 6.45) is 2.01. The number of anilines is 1. The van der Waals surface area contributed by atoms with E-state index >= 15 is 0 Å². The molecule has 0 radical (unpaired) electrons. The molecule has 0 aliphatic carbocycles. The van der Waals surface area contributed by atoms with Crippen LogP contribution in [0.1, 0.15) is 17.5 Å². The molecule has 3 aromatic rings. The van der Waals surface area contributed by atoms with Gasteiger partial charge in [-0.25, -0.2) is 0 Å². The summed E-state index contributed by atoms with van der Waals surface area (Å²) in [7, 11) is 0. The van der Waals surface area contributed by atoms with Gasteiger partial charge in [0.25, 0.3) is 0 Å². The highest BCUT2D eigenvalue weighted by atomic mass is 16.5. The Hall–Kier alpha value is -2.88. The van der Waals surface area contributed by atoms with Gasteiger partial charge in [0, 0.05) is 11.6 Å². The third kappa shape index (κ3) is 3.71. The van der Waals surface area contributed by atoms with E-state index < -0.39 is 0 Å². The average Bonchev–Trinajstić information content (AvgIpc) is 2.58. The lowest BCUT2D eigenvalue weighted by Gasteiger charge is -2.11. The van der Waals surface area contributed by atoms with Crippen LogP contribution in [0.5, 0.6) is 5.75 Å². The van der Waals surface area contributed by atoms with E-state index in [0.29, 0.717) is 6.61 Å². The molecular formula is C20H20N2O2. The van der Waals surface area contributed by atoms with Crippen LogP contribution < -0.4 is 10.1 Å². The number of carbonyl (C=O) groups excluding carboxylic acids is 1. The van der Waals surface area contributed by atoms with Gasteiger partial charge in [0.1, 0.15) is 5.75 Å². The van der Waals surface area contributed by atoms with Crippen LogP contribution in [0.25, 0.3) is 10.9 Å². The predicted molar refractivity (Wildman–Crippen MR) is 96.4 cm³/mol.